The van der Waals surface area contributed by atoms with Gasteiger partial charge in [0.1, 0.15) is 11.5 Å². The van der Waals surface area contributed by atoms with Crippen LogP contribution in [0.25, 0.3) is 0 Å². The molecule has 134 valence electrons. The van der Waals surface area contributed by atoms with Crippen LogP contribution >= 0.6 is 0 Å². The van der Waals surface area contributed by atoms with E-state index in [1.807, 2.05) is 32.5 Å². The summed E-state index contributed by atoms with van der Waals surface area (Å²) in [6.07, 6.45) is 6.47. The van der Waals surface area contributed by atoms with E-state index in [0.29, 0.717) is 18.2 Å². The van der Waals surface area contributed by atoms with Crippen molar-refractivity contribution in [2.75, 3.05) is 26.7 Å². The van der Waals surface area contributed by atoms with Crippen LogP contribution in [-0.4, -0.2) is 53.7 Å². The highest BCUT2D eigenvalue weighted by atomic mass is 16.5. The van der Waals surface area contributed by atoms with Gasteiger partial charge in [-0.25, -0.2) is 0 Å². The molecule has 0 spiro atoms. The number of pyridine rings is 1. The maximum absolute atomic E-state index is 5.72. The van der Waals surface area contributed by atoms with E-state index >= 15 is 0 Å². The Kier molecular flexibility index (Phi) is 4.88. The Labute approximate surface area is 149 Å². The summed E-state index contributed by atoms with van der Waals surface area (Å²) in [6, 6.07) is 9.40. The average molecular weight is 341 g/mol. The van der Waals surface area contributed by atoms with Gasteiger partial charge in [0.05, 0.1) is 18.7 Å². The van der Waals surface area contributed by atoms with E-state index in [9.17, 15) is 0 Å². The predicted octanol–water partition coefficient (Wildman–Crippen LogP) is 3.02. The van der Waals surface area contributed by atoms with Crippen molar-refractivity contribution < 1.29 is 9.15 Å². The van der Waals surface area contributed by atoms with Crippen LogP contribution in [0, 0.1) is 6.92 Å². The molecule has 0 aromatic carbocycles. The number of methoxy groups -OCH3 is 1. The first-order valence-electron chi connectivity index (χ1n) is 9.20. The summed E-state index contributed by atoms with van der Waals surface area (Å²) >= 11 is 0. The molecule has 5 nitrogen and oxygen atoms in total. The molecule has 2 saturated heterocycles. The quantitative estimate of drug-likeness (QED) is 0.836. The van der Waals surface area contributed by atoms with Crippen LogP contribution in [0.5, 0.6) is 0 Å². The van der Waals surface area contributed by atoms with Gasteiger partial charge in [0.25, 0.3) is 0 Å². The first kappa shape index (κ1) is 16.8. The fraction of sp³-hybridized carbons (Fsp3) is 0.550. The predicted molar refractivity (Wildman–Crippen MR) is 96.2 cm³/mol. The van der Waals surface area contributed by atoms with Gasteiger partial charge in [0.15, 0.2) is 0 Å². The van der Waals surface area contributed by atoms with Crippen LogP contribution in [0.2, 0.25) is 0 Å². The number of furan rings is 1. The van der Waals surface area contributed by atoms with Crippen molar-refractivity contribution in [2.24, 2.45) is 0 Å². The van der Waals surface area contributed by atoms with Crippen LogP contribution in [0.1, 0.15) is 36.0 Å². The number of aromatic nitrogens is 1. The van der Waals surface area contributed by atoms with Gasteiger partial charge in [0, 0.05) is 45.2 Å². The van der Waals surface area contributed by atoms with E-state index in [4.69, 9.17) is 9.15 Å². The van der Waals surface area contributed by atoms with Gasteiger partial charge in [-0.05, 0) is 49.6 Å². The zero-order valence-corrected chi connectivity index (χ0v) is 15.1. The molecule has 2 fully saturated rings. The Hall–Kier alpha value is -1.69. The molecular weight excluding hydrogens is 314 g/mol. The maximum Gasteiger partial charge on any atom is 0.118 e. The smallest absolute Gasteiger partial charge is 0.118 e. The number of rotatable bonds is 5. The molecule has 2 aliphatic heterocycles. The number of piperidine rings is 1. The minimum absolute atomic E-state index is 0.298. The van der Waals surface area contributed by atoms with Crippen LogP contribution < -0.4 is 0 Å². The first-order chi connectivity index (χ1) is 12.2. The van der Waals surface area contributed by atoms with Gasteiger partial charge in [0.2, 0.25) is 0 Å². The third kappa shape index (κ3) is 3.50. The average Bonchev–Trinajstić information content (AvgIpc) is 3.02. The standard InChI is InChI=1S/C20H27N3O2/c1-15-3-4-18(25-15)13-22-11-7-17(8-12-22)23-14-19(24-2)20(23)16-5-9-21-10-6-16/h3-6,9-10,17,19-20H,7-8,11-14H2,1-2H3/t19-,20-/m0/s1. The van der Waals surface area contributed by atoms with Gasteiger partial charge in [-0.1, -0.05) is 0 Å². The van der Waals surface area contributed by atoms with Crippen LogP contribution in [0.3, 0.4) is 0 Å². The summed E-state index contributed by atoms with van der Waals surface area (Å²) in [6.45, 7) is 6.22. The highest BCUT2D eigenvalue weighted by Gasteiger charge is 2.44. The molecule has 0 saturated carbocycles. The lowest BCUT2D eigenvalue weighted by Gasteiger charge is -2.53. The summed E-state index contributed by atoms with van der Waals surface area (Å²) < 4.78 is 11.4. The van der Waals surface area contributed by atoms with Crippen molar-refractivity contribution in [1.29, 1.82) is 0 Å². The zero-order chi connectivity index (χ0) is 17.2. The SMILES string of the molecule is CO[C@H]1CN(C2CCN(Cc3ccc(C)o3)CC2)[C@H]1c1ccncc1. The van der Waals surface area contributed by atoms with E-state index in [1.165, 1.54) is 18.4 Å². The normalized spacial score (nSPS) is 25.8. The summed E-state index contributed by atoms with van der Waals surface area (Å²) in [7, 11) is 1.82. The molecule has 0 aliphatic carbocycles. The van der Waals surface area contributed by atoms with Crippen LogP contribution in [0.4, 0.5) is 0 Å². The number of likely N-dealkylation sites (tertiary alicyclic amines) is 2. The molecule has 2 aliphatic rings. The molecule has 0 unspecified atom stereocenters. The molecule has 25 heavy (non-hydrogen) atoms. The van der Waals surface area contributed by atoms with Gasteiger partial charge in [-0.2, -0.15) is 0 Å². The molecule has 5 heteroatoms. The number of nitrogens with zero attached hydrogens (tertiary/aromatic N) is 3. The fourth-order valence-corrected chi connectivity index (χ4v) is 4.24. The molecule has 2 aromatic heterocycles. The van der Waals surface area contributed by atoms with Gasteiger partial charge < -0.3 is 9.15 Å². The first-order valence-corrected chi connectivity index (χ1v) is 9.20. The second-order valence-corrected chi connectivity index (χ2v) is 7.22. The lowest BCUT2D eigenvalue weighted by Crippen LogP contribution is -2.60. The fourth-order valence-electron chi connectivity index (χ4n) is 4.24. The summed E-state index contributed by atoms with van der Waals surface area (Å²) in [5.41, 5.74) is 1.32. The zero-order valence-electron chi connectivity index (χ0n) is 15.1. The van der Waals surface area contributed by atoms with E-state index in [-0.39, 0.29) is 0 Å². The van der Waals surface area contributed by atoms with E-state index in [0.717, 1.165) is 37.7 Å². The largest absolute Gasteiger partial charge is 0.465 e. The Morgan fingerprint density at radius 2 is 1.92 bits per heavy atom. The topological polar surface area (TPSA) is 41.7 Å². The van der Waals surface area contributed by atoms with E-state index in [1.54, 1.807) is 0 Å². The minimum atomic E-state index is 0.298. The molecule has 0 radical (unpaired) electrons. The Balaban J connectivity index is 1.35. The monoisotopic (exact) mass is 341 g/mol. The van der Waals surface area contributed by atoms with Crippen LogP contribution in [0.15, 0.2) is 41.1 Å². The van der Waals surface area contributed by atoms with E-state index < -0.39 is 0 Å². The van der Waals surface area contributed by atoms with Crippen molar-refractivity contribution in [1.82, 2.24) is 14.8 Å². The number of ether oxygens (including phenoxy) is 1. The summed E-state index contributed by atoms with van der Waals surface area (Å²) in [5, 5.41) is 0. The molecule has 4 rings (SSSR count). The van der Waals surface area contributed by atoms with Gasteiger partial charge >= 0.3 is 0 Å². The summed E-state index contributed by atoms with van der Waals surface area (Å²) in [5.74, 6) is 2.07. The molecular formula is C20H27N3O2. The molecule has 4 heterocycles. The Morgan fingerprint density at radius 1 is 1.16 bits per heavy atom. The second-order valence-electron chi connectivity index (χ2n) is 7.22. The van der Waals surface area contributed by atoms with Crippen molar-refractivity contribution in [3.8, 4) is 0 Å². The molecule has 0 amide bonds. The lowest BCUT2D eigenvalue weighted by atomic mass is 9.87. The van der Waals surface area contributed by atoms with Crippen LogP contribution in [-0.2, 0) is 11.3 Å². The van der Waals surface area contributed by atoms with Gasteiger partial charge in [-0.3, -0.25) is 14.8 Å². The van der Waals surface area contributed by atoms with E-state index in [2.05, 4.69) is 33.0 Å². The Morgan fingerprint density at radius 3 is 2.56 bits per heavy atom. The highest BCUT2D eigenvalue weighted by Crippen LogP contribution is 2.39. The lowest BCUT2D eigenvalue weighted by molar-refractivity contribution is -0.117. The summed E-state index contributed by atoms with van der Waals surface area (Å²) in [4.78, 5) is 9.28. The number of aryl methyl sites for hydroxylation is 1. The van der Waals surface area contributed by atoms with Crippen molar-refractivity contribution in [3.05, 3.63) is 53.7 Å². The second kappa shape index (κ2) is 7.28. The minimum Gasteiger partial charge on any atom is -0.465 e. The number of hydrogen-bond acceptors (Lipinski definition) is 5. The maximum atomic E-state index is 5.72. The third-order valence-corrected chi connectivity index (χ3v) is 5.65. The van der Waals surface area contributed by atoms with Gasteiger partial charge in [-0.15, -0.1) is 0 Å². The van der Waals surface area contributed by atoms with Crippen molar-refractivity contribution >= 4 is 0 Å². The van der Waals surface area contributed by atoms with Crippen molar-refractivity contribution in [2.45, 2.75) is 44.5 Å². The number of hydrogen-bond donors (Lipinski definition) is 0. The molecule has 0 bridgehead atoms. The molecule has 0 N–H and O–H groups in total. The molecule has 2 aromatic rings. The molecule has 2 atom stereocenters. The Bertz CT molecular complexity index is 679. The highest BCUT2D eigenvalue weighted by molar-refractivity contribution is 5.21. The third-order valence-electron chi connectivity index (χ3n) is 5.65. The van der Waals surface area contributed by atoms with Crippen molar-refractivity contribution in [3.63, 3.8) is 0 Å².